The van der Waals surface area contributed by atoms with Crippen molar-refractivity contribution in [3.63, 3.8) is 0 Å². The highest BCUT2D eigenvalue weighted by Crippen LogP contribution is 2.22. The van der Waals surface area contributed by atoms with Crippen LogP contribution in [0.1, 0.15) is 19.8 Å². The molecule has 2 atom stereocenters. The van der Waals surface area contributed by atoms with Gasteiger partial charge in [-0.15, -0.1) is 0 Å². The Labute approximate surface area is 143 Å². The van der Waals surface area contributed by atoms with Crippen molar-refractivity contribution in [3.8, 4) is 0 Å². The van der Waals surface area contributed by atoms with Crippen molar-refractivity contribution in [2.75, 3.05) is 16.8 Å². The number of carbonyl (C=O) groups excluding carboxylic acids is 2. The molecule has 0 bridgehead atoms. The average molecular weight is 404 g/mol. The van der Waals surface area contributed by atoms with Crippen molar-refractivity contribution in [2.45, 2.75) is 25.9 Å². The number of ether oxygens (including phenoxy) is 1. The monoisotopic (exact) mass is 403 g/mol. The normalized spacial score (nSPS) is 20.7. The minimum absolute atomic E-state index is 0.0154. The number of esters is 1. The number of anilines is 1. The minimum Gasteiger partial charge on any atom is -0.453 e. The molecule has 1 N–H and O–H groups in total. The molecular weight excluding hydrogens is 386 g/mol. The van der Waals surface area contributed by atoms with Gasteiger partial charge in [0.25, 0.3) is 5.91 Å². The molecule has 1 aliphatic rings. The lowest BCUT2D eigenvalue weighted by atomic mass is 10.1. The standard InChI is InChI=1S/C15H18BrNO5S/c1-10(15(19)17-13-4-2-12(16)3-5-13)22-14(18)8-11-6-7-23(20,21)9-11/h2-5,10-11H,6-9H2,1H3,(H,17,19)/t10-,11-/m0/s1. The number of benzene rings is 1. The summed E-state index contributed by atoms with van der Waals surface area (Å²) in [6.45, 7) is 1.48. The number of amides is 1. The van der Waals surface area contributed by atoms with Gasteiger partial charge >= 0.3 is 5.97 Å². The van der Waals surface area contributed by atoms with Crippen LogP contribution in [0, 0.1) is 5.92 Å². The Hall–Kier alpha value is -1.41. The van der Waals surface area contributed by atoms with Crippen molar-refractivity contribution in [1.29, 1.82) is 0 Å². The molecule has 8 heteroatoms. The molecule has 0 radical (unpaired) electrons. The highest BCUT2D eigenvalue weighted by atomic mass is 79.9. The average Bonchev–Trinajstić information content (AvgIpc) is 2.80. The Morgan fingerprint density at radius 2 is 2.00 bits per heavy atom. The van der Waals surface area contributed by atoms with Crippen LogP contribution in [0.3, 0.4) is 0 Å². The number of hydrogen-bond acceptors (Lipinski definition) is 5. The molecule has 6 nitrogen and oxygen atoms in total. The van der Waals surface area contributed by atoms with E-state index in [-0.39, 0.29) is 23.8 Å². The van der Waals surface area contributed by atoms with Crippen LogP contribution >= 0.6 is 15.9 Å². The molecule has 126 valence electrons. The molecule has 2 rings (SSSR count). The summed E-state index contributed by atoms with van der Waals surface area (Å²) in [5.74, 6) is -1.06. The van der Waals surface area contributed by atoms with Gasteiger partial charge < -0.3 is 10.1 Å². The zero-order valence-electron chi connectivity index (χ0n) is 12.6. The largest absolute Gasteiger partial charge is 0.453 e. The van der Waals surface area contributed by atoms with Crippen LogP contribution in [0.2, 0.25) is 0 Å². The molecule has 1 amide bonds. The highest BCUT2D eigenvalue weighted by Gasteiger charge is 2.30. The van der Waals surface area contributed by atoms with E-state index in [0.29, 0.717) is 12.1 Å². The number of hydrogen-bond donors (Lipinski definition) is 1. The lowest BCUT2D eigenvalue weighted by molar-refractivity contribution is -0.153. The maximum atomic E-state index is 12.0. The van der Waals surface area contributed by atoms with Gasteiger partial charge in [0.1, 0.15) is 0 Å². The molecule has 1 aliphatic heterocycles. The third kappa shape index (κ3) is 5.62. The SMILES string of the molecule is C[C@H](OC(=O)C[C@@H]1CCS(=O)(=O)C1)C(=O)Nc1ccc(Br)cc1. The van der Waals surface area contributed by atoms with Gasteiger partial charge in [-0.3, -0.25) is 9.59 Å². The second-order valence-corrected chi connectivity index (χ2v) is 8.75. The van der Waals surface area contributed by atoms with Crippen LogP contribution in [0.4, 0.5) is 5.69 Å². The minimum atomic E-state index is -3.02. The second-order valence-electron chi connectivity index (χ2n) is 5.60. The number of carbonyl (C=O) groups is 2. The Kier molecular flexibility index (Phi) is 5.80. The van der Waals surface area contributed by atoms with Gasteiger partial charge in [-0.1, -0.05) is 15.9 Å². The number of rotatable bonds is 5. The third-order valence-electron chi connectivity index (χ3n) is 3.57. The summed E-state index contributed by atoms with van der Waals surface area (Å²) in [6.07, 6.45) is -0.448. The van der Waals surface area contributed by atoms with Crippen LogP contribution < -0.4 is 5.32 Å². The molecule has 1 heterocycles. The summed E-state index contributed by atoms with van der Waals surface area (Å²) >= 11 is 3.30. The predicted molar refractivity (Wildman–Crippen MR) is 89.7 cm³/mol. The lowest BCUT2D eigenvalue weighted by Crippen LogP contribution is -2.30. The summed E-state index contributed by atoms with van der Waals surface area (Å²) in [6, 6.07) is 7.01. The Morgan fingerprint density at radius 3 is 2.57 bits per heavy atom. The van der Waals surface area contributed by atoms with Gasteiger partial charge in [-0.25, -0.2) is 8.42 Å². The second kappa shape index (κ2) is 7.44. The van der Waals surface area contributed by atoms with E-state index in [1.54, 1.807) is 24.3 Å². The summed E-state index contributed by atoms with van der Waals surface area (Å²) in [5.41, 5.74) is 0.600. The maximum Gasteiger partial charge on any atom is 0.306 e. The van der Waals surface area contributed by atoms with E-state index in [2.05, 4.69) is 21.2 Å². The Balaban J connectivity index is 1.81. The van der Waals surface area contributed by atoms with Crippen molar-refractivity contribution in [3.05, 3.63) is 28.7 Å². The number of halogens is 1. The van der Waals surface area contributed by atoms with Gasteiger partial charge in [0, 0.05) is 16.6 Å². The fourth-order valence-electron chi connectivity index (χ4n) is 2.34. The molecule has 1 fully saturated rings. The smallest absolute Gasteiger partial charge is 0.306 e. The van der Waals surface area contributed by atoms with Crippen molar-refractivity contribution < 1.29 is 22.7 Å². The first-order valence-electron chi connectivity index (χ1n) is 7.21. The van der Waals surface area contributed by atoms with E-state index in [4.69, 9.17) is 4.74 Å². The van der Waals surface area contributed by atoms with Gasteiger partial charge in [0.15, 0.2) is 15.9 Å². The van der Waals surface area contributed by atoms with E-state index in [1.807, 2.05) is 0 Å². The molecule has 0 aliphatic carbocycles. The summed E-state index contributed by atoms with van der Waals surface area (Å²) in [7, 11) is -3.02. The molecule has 0 unspecified atom stereocenters. The Bertz CT molecular complexity index is 686. The molecule has 1 aromatic rings. The van der Waals surface area contributed by atoms with Crippen LogP contribution in [0.15, 0.2) is 28.7 Å². The first-order chi connectivity index (χ1) is 10.7. The summed E-state index contributed by atoms with van der Waals surface area (Å²) in [4.78, 5) is 23.8. The Morgan fingerprint density at radius 1 is 1.35 bits per heavy atom. The molecule has 1 aromatic carbocycles. The fourth-order valence-corrected chi connectivity index (χ4v) is 4.47. The van der Waals surface area contributed by atoms with Crippen molar-refractivity contribution in [1.82, 2.24) is 0 Å². The predicted octanol–water partition coefficient (Wildman–Crippen LogP) is 2.14. The lowest BCUT2D eigenvalue weighted by Gasteiger charge is -2.15. The van der Waals surface area contributed by atoms with Gasteiger partial charge in [0.05, 0.1) is 11.5 Å². The van der Waals surface area contributed by atoms with Crippen LogP contribution in [0.25, 0.3) is 0 Å². The fraction of sp³-hybridized carbons (Fsp3) is 0.467. The van der Waals surface area contributed by atoms with Crippen LogP contribution in [-0.2, 0) is 24.2 Å². The third-order valence-corrected chi connectivity index (χ3v) is 5.94. The van der Waals surface area contributed by atoms with Crippen LogP contribution in [0.5, 0.6) is 0 Å². The summed E-state index contributed by atoms with van der Waals surface area (Å²) in [5, 5.41) is 2.65. The topological polar surface area (TPSA) is 89.5 Å². The molecule has 0 aromatic heterocycles. The summed E-state index contributed by atoms with van der Waals surface area (Å²) < 4.78 is 28.7. The van der Waals surface area contributed by atoms with Crippen molar-refractivity contribution in [2.24, 2.45) is 5.92 Å². The van der Waals surface area contributed by atoms with Gasteiger partial charge in [0.2, 0.25) is 0 Å². The first kappa shape index (κ1) is 17.9. The van der Waals surface area contributed by atoms with E-state index < -0.39 is 27.8 Å². The maximum absolute atomic E-state index is 12.0. The highest BCUT2D eigenvalue weighted by molar-refractivity contribution is 9.10. The number of sulfone groups is 1. The first-order valence-corrected chi connectivity index (χ1v) is 9.83. The van der Waals surface area contributed by atoms with Crippen LogP contribution in [-0.4, -0.2) is 37.9 Å². The molecule has 1 saturated heterocycles. The van der Waals surface area contributed by atoms with E-state index in [0.717, 1.165) is 4.47 Å². The molecule has 0 saturated carbocycles. The molecule has 23 heavy (non-hydrogen) atoms. The van der Waals surface area contributed by atoms with E-state index >= 15 is 0 Å². The van der Waals surface area contributed by atoms with E-state index in [9.17, 15) is 18.0 Å². The quantitative estimate of drug-likeness (QED) is 0.760. The molecular formula is C15H18BrNO5S. The van der Waals surface area contributed by atoms with Gasteiger partial charge in [-0.05, 0) is 43.5 Å². The van der Waals surface area contributed by atoms with E-state index in [1.165, 1.54) is 6.92 Å². The molecule has 0 spiro atoms. The zero-order chi connectivity index (χ0) is 17.0. The number of nitrogens with one attached hydrogen (secondary N) is 1. The van der Waals surface area contributed by atoms with Gasteiger partial charge in [-0.2, -0.15) is 0 Å². The van der Waals surface area contributed by atoms with Crippen molar-refractivity contribution >= 4 is 43.3 Å². The zero-order valence-corrected chi connectivity index (χ0v) is 15.0.